The first-order valence-electron chi connectivity index (χ1n) is 7.15. The van der Waals surface area contributed by atoms with Gasteiger partial charge in [-0.2, -0.15) is 5.10 Å². The summed E-state index contributed by atoms with van der Waals surface area (Å²) in [7, 11) is 0. The number of nitrogens with zero attached hydrogens (tertiary/aromatic N) is 3. The van der Waals surface area contributed by atoms with Crippen LogP contribution in [0.5, 0.6) is 0 Å². The molecule has 0 aliphatic heterocycles. The number of hydrazine groups is 1. The highest BCUT2D eigenvalue weighted by Gasteiger charge is 2.17. The summed E-state index contributed by atoms with van der Waals surface area (Å²) in [4.78, 5) is 4.40. The molecular weight excluding hydrogens is 262 g/mol. The molecule has 21 heavy (non-hydrogen) atoms. The van der Waals surface area contributed by atoms with E-state index in [9.17, 15) is 0 Å². The van der Waals surface area contributed by atoms with Crippen molar-refractivity contribution >= 4 is 10.9 Å². The first kappa shape index (κ1) is 13.7. The third kappa shape index (κ3) is 2.66. The van der Waals surface area contributed by atoms with Crippen molar-refractivity contribution in [1.82, 2.24) is 20.2 Å². The van der Waals surface area contributed by atoms with Gasteiger partial charge in [0.15, 0.2) is 0 Å². The van der Waals surface area contributed by atoms with Gasteiger partial charge in [-0.3, -0.25) is 15.5 Å². The van der Waals surface area contributed by atoms with Gasteiger partial charge >= 0.3 is 0 Å². The predicted octanol–water partition coefficient (Wildman–Crippen LogP) is 2.39. The SMILES string of the molecule is CCCn1cc(C(NN)c2cccc3ncccc23)cn1. The van der Waals surface area contributed by atoms with E-state index in [4.69, 9.17) is 5.84 Å². The summed E-state index contributed by atoms with van der Waals surface area (Å²) in [5, 5.41) is 5.49. The summed E-state index contributed by atoms with van der Waals surface area (Å²) in [6.07, 6.45) is 6.77. The van der Waals surface area contributed by atoms with Crippen LogP contribution in [0.2, 0.25) is 0 Å². The Morgan fingerprint density at radius 2 is 2.19 bits per heavy atom. The van der Waals surface area contributed by atoms with Crippen molar-refractivity contribution in [1.29, 1.82) is 0 Å². The van der Waals surface area contributed by atoms with Gasteiger partial charge in [-0.1, -0.05) is 25.1 Å². The van der Waals surface area contributed by atoms with Crippen LogP contribution >= 0.6 is 0 Å². The van der Waals surface area contributed by atoms with Crippen molar-refractivity contribution in [3.63, 3.8) is 0 Å². The number of hydrogen-bond acceptors (Lipinski definition) is 4. The topological polar surface area (TPSA) is 68.8 Å². The summed E-state index contributed by atoms with van der Waals surface area (Å²) in [5.41, 5.74) is 6.04. The molecule has 0 fully saturated rings. The highest BCUT2D eigenvalue weighted by molar-refractivity contribution is 5.82. The van der Waals surface area contributed by atoms with Crippen LogP contribution in [0.4, 0.5) is 0 Å². The molecule has 1 aromatic carbocycles. The maximum Gasteiger partial charge on any atom is 0.0747 e. The van der Waals surface area contributed by atoms with Gasteiger partial charge in [0.05, 0.1) is 17.8 Å². The molecule has 2 aromatic heterocycles. The zero-order valence-electron chi connectivity index (χ0n) is 12.0. The average Bonchev–Trinajstić information content (AvgIpc) is 2.97. The van der Waals surface area contributed by atoms with Gasteiger partial charge in [-0.05, 0) is 24.1 Å². The van der Waals surface area contributed by atoms with Crippen LogP contribution in [-0.2, 0) is 6.54 Å². The van der Waals surface area contributed by atoms with Crippen LogP contribution in [0.15, 0.2) is 48.9 Å². The molecule has 1 unspecified atom stereocenters. The zero-order valence-corrected chi connectivity index (χ0v) is 12.0. The van der Waals surface area contributed by atoms with Gasteiger partial charge in [0, 0.05) is 29.9 Å². The van der Waals surface area contributed by atoms with Crippen molar-refractivity contribution < 1.29 is 0 Å². The van der Waals surface area contributed by atoms with Gasteiger partial charge in [0.25, 0.3) is 0 Å². The third-order valence-electron chi connectivity index (χ3n) is 3.60. The Morgan fingerprint density at radius 1 is 1.29 bits per heavy atom. The fourth-order valence-electron chi connectivity index (χ4n) is 2.62. The molecule has 0 aliphatic rings. The number of pyridine rings is 1. The molecular formula is C16H19N5. The third-order valence-corrected chi connectivity index (χ3v) is 3.60. The number of nitrogens with two attached hydrogens (primary N) is 1. The first-order chi connectivity index (χ1) is 10.3. The van der Waals surface area contributed by atoms with Crippen LogP contribution < -0.4 is 11.3 Å². The lowest BCUT2D eigenvalue weighted by atomic mass is 9.98. The number of aromatic nitrogens is 3. The molecule has 108 valence electrons. The highest BCUT2D eigenvalue weighted by atomic mass is 15.3. The molecule has 0 spiro atoms. The number of benzene rings is 1. The lowest BCUT2D eigenvalue weighted by Crippen LogP contribution is -2.28. The molecule has 5 heteroatoms. The Hall–Kier alpha value is -2.24. The second-order valence-electron chi connectivity index (χ2n) is 5.05. The average molecular weight is 281 g/mol. The predicted molar refractivity (Wildman–Crippen MR) is 83.4 cm³/mol. The van der Waals surface area contributed by atoms with E-state index in [0.29, 0.717) is 0 Å². The maximum absolute atomic E-state index is 5.80. The molecule has 0 saturated carbocycles. The normalized spacial score (nSPS) is 12.7. The standard InChI is InChI=1S/C16H19N5/c1-2-9-21-11-12(10-19-21)16(20-17)14-5-3-7-15-13(14)6-4-8-18-15/h3-8,10-11,16,20H,2,9,17H2,1H3. The molecule has 3 aromatic rings. The Labute approximate surface area is 123 Å². The number of aryl methyl sites for hydroxylation is 1. The highest BCUT2D eigenvalue weighted by Crippen LogP contribution is 2.27. The minimum atomic E-state index is -0.0940. The first-order valence-corrected chi connectivity index (χ1v) is 7.15. The van der Waals surface area contributed by atoms with E-state index in [1.165, 1.54) is 0 Å². The van der Waals surface area contributed by atoms with E-state index in [1.807, 2.05) is 35.3 Å². The second-order valence-corrected chi connectivity index (χ2v) is 5.05. The largest absolute Gasteiger partial charge is 0.272 e. The Kier molecular flexibility index (Phi) is 3.94. The quantitative estimate of drug-likeness (QED) is 0.556. The number of nitrogens with one attached hydrogen (secondary N) is 1. The summed E-state index contributed by atoms with van der Waals surface area (Å²) in [6.45, 7) is 3.05. The van der Waals surface area contributed by atoms with Gasteiger partial charge < -0.3 is 0 Å². The summed E-state index contributed by atoms with van der Waals surface area (Å²) in [5.74, 6) is 5.80. The molecule has 1 atom stereocenters. The summed E-state index contributed by atoms with van der Waals surface area (Å²) >= 11 is 0. The fourth-order valence-corrected chi connectivity index (χ4v) is 2.62. The van der Waals surface area contributed by atoms with Crippen molar-refractivity contribution in [3.8, 4) is 0 Å². The van der Waals surface area contributed by atoms with Crippen LogP contribution in [0, 0.1) is 0 Å². The van der Waals surface area contributed by atoms with Crippen LogP contribution in [0.3, 0.4) is 0 Å². The minimum absolute atomic E-state index is 0.0940. The number of rotatable bonds is 5. The Bertz CT molecular complexity index is 729. The van der Waals surface area contributed by atoms with Crippen LogP contribution in [0.25, 0.3) is 10.9 Å². The van der Waals surface area contributed by atoms with Gasteiger partial charge in [-0.25, -0.2) is 5.43 Å². The van der Waals surface area contributed by atoms with Gasteiger partial charge in [0.1, 0.15) is 0 Å². The Balaban J connectivity index is 2.05. The lowest BCUT2D eigenvalue weighted by molar-refractivity contribution is 0.598. The second kappa shape index (κ2) is 6.03. The van der Waals surface area contributed by atoms with Crippen molar-refractivity contribution in [2.24, 2.45) is 5.84 Å². The van der Waals surface area contributed by atoms with Crippen molar-refractivity contribution in [2.75, 3.05) is 0 Å². The van der Waals surface area contributed by atoms with E-state index in [0.717, 1.165) is 35.0 Å². The molecule has 0 radical (unpaired) electrons. The minimum Gasteiger partial charge on any atom is -0.272 e. The number of fused-ring (bicyclic) bond motifs is 1. The van der Waals surface area contributed by atoms with Crippen molar-refractivity contribution in [2.45, 2.75) is 25.9 Å². The van der Waals surface area contributed by atoms with E-state index in [-0.39, 0.29) is 6.04 Å². The molecule has 2 heterocycles. The zero-order chi connectivity index (χ0) is 14.7. The summed E-state index contributed by atoms with van der Waals surface area (Å²) in [6, 6.07) is 10.0. The van der Waals surface area contributed by atoms with Gasteiger partial charge in [0.2, 0.25) is 0 Å². The van der Waals surface area contributed by atoms with Crippen molar-refractivity contribution in [3.05, 3.63) is 60.0 Å². The van der Waals surface area contributed by atoms with Crippen LogP contribution in [0.1, 0.15) is 30.5 Å². The van der Waals surface area contributed by atoms with E-state index >= 15 is 0 Å². The summed E-state index contributed by atoms with van der Waals surface area (Å²) < 4.78 is 1.95. The van der Waals surface area contributed by atoms with E-state index in [1.54, 1.807) is 6.20 Å². The molecule has 0 aliphatic carbocycles. The molecule has 5 nitrogen and oxygen atoms in total. The molecule has 0 amide bonds. The van der Waals surface area contributed by atoms with Crippen LogP contribution in [-0.4, -0.2) is 14.8 Å². The fraction of sp³-hybridized carbons (Fsp3) is 0.250. The maximum atomic E-state index is 5.80. The van der Waals surface area contributed by atoms with E-state index < -0.39 is 0 Å². The smallest absolute Gasteiger partial charge is 0.0747 e. The molecule has 3 rings (SSSR count). The Morgan fingerprint density at radius 3 is 3.00 bits per heavy atom. The molecule has 0 saturated heterocycles. The van der Waals surface area contributed by atoms with Gasteiger partial charge in [-0.15, -0.1) is 0 Å². The van der Waals surface area contributed by atoms with E-state index in [2.05, 4.69) is 34.6 Å². The lowest BCUT2D eigenvalue weighted by Gasteiger charge is -2.16. The molecule has 0 bridgehead atoms. The monoisotopic (exact) mass is 281 g/mol. The molecule has 3 N–H and O–H groups in total. The number of hydrogen-bond donors (Lipinski definition) is 2.